The molecule has 0 spiro atoms. The van der Waals surface area contributed by atoms with Gasteiger partial charge in [-0.15, -0.1) is 0 Å². The van der Waals surface area contributed by atoms with Gasteiger partial charge in [-0.2, -0.15) is 4.31 Å². The summed E-state index contributed by atoms with van der Waals surface area (Å²) in [5.74, 6) is 0.0991. The third-order valence-electron chi connectivity index (χ3n) is 7.21. The number of rotatable bonds is 9. The molecule has 2 fully saturated rings. The molecule has 0 atom stereocenters. The lowest BCUT2D eigenvalue weighted by Crippen LogP contribution is -2.36. The molecule has 2 N–H and O–H groups in total. The lowest BCUT2D eigenvalue weighted by atomic mass is 9.95. The molecule has 1 saturated heterocycles. The van der Waals surface area contributed by atoms with Gasteiger partial charge in [-0.25, -0.2) is 8.42 Å². The summed E-state index contributed by atoms with van der Waals surface area (Å²) in [7, 11) is -2.06. The Morgan fingerprint density at radius 1 is 0.973 bits per heavy atom. The summed E-state index contributed by atoms with van der Waals surface area (Å²) in [4.78, 5) is 26.0. The second-order valence-electron chi connectivity index (χ2n) is 9.84. The normalized spacial score (nSPS) is 17.2. The Morgan fingerprint density at radius 2 is 1.68 bits per heavy atom. The van der Waals surface area contributed by atoms with E-state index in [0.29, 0.717) is 42.1 Å². The fraction of sp³-hybridized carbons (Fsp3) is 0.500. The Morgan fingerprint density at radius 3 is 2.41 bits per heavy atom. The molecule has 2 aromatic rings. The highest BCUT2D eigenvalue weighted by Crippen LogP contribution is 2.27. The van der Waals surface area contributed by atoms with E-state index in [4.69, 9.17) is 4.74 Å². The molecule has 0 bridgehead atoms. The minimum absolute atomic E-state index is 0.113. The maximum atomic E-state index is 13.1. The maximum absolute atomic E-state index is 13.1. The smallest absolute Gasteiger partial charge is 0.253 e. The van der Waals surface area contributed by atoms with Crippen molar-refractivity contribution in [3.05, 3.63) is 53.6 Å². The predicted octanol–water partition coefficient (Wildman–Crippen LogP) is 4.50. The Kier molecular flexibility index (Phi) is 9.21. The van der Waals surface area contributed by atoms with Gasteiger partial charge >= 0.3 is 0 Å². The van der Waals surface area contributed by atoms with Crippen LogP contribution in [-0.4, -0.2) is 50.8 Å². The van der Waals surface area contributed by atoms with Crippen LogP contribution >= 0.6 is 0 Å². The third-order valence-corrected chi connectivity index (χ3v) is 9.11. The lowest BCUT2D eigenvalue weighted by Gasteiger charge is -2.26. The van der Waals surface area contributed by atoms with Crippen molar-refractivity contribution in [1.29, 1.82) is 0 Å². The van der Waals surface area contributed by atoms with E-state index in [2.05, 4.69) is 10.6 Å². The number of benzene rings is 2. The Hall–Kier alpha value is -2.91. The van der Waals surface area contributed by atoms with E-state index in [1.165, 1.54) is 17.8 Å². The monoisotopic (exact) mass is 527 g/mol. The van der Waals surface area contributed by atoms with Crippen LogP contribution < -0.4 is 15.4 Å². The highest BCUT2D eigenvalue weighted by atomic mass is 32.2. The molecule has 200 valence electrons. The SMILES string of the molecule is COc1ccc(S(=O)(=O)N2CCCCC2)cc1CCC(=O)Nc1ccccc1C(=O)NC1CCCCC1. The number of amides is 2. The number of carbonyl (C=O) groups excluding carboxylic acids is 2. The number of piperidine rings is 1. The first-order valence-corrected chi connectivity index (χ1v) is 14.7. The van der Waals surface area contributed by atoms with Gasteiger partial charge in [0.2, 0.25) is 15.9 Å². The third kappa shape index (κ3) is 6.90. The van der Waals surface area contributed by atoms with Gasteiger partial charge in [-0.3, -0.25) is 9.59 Å². The fourth-order valence-corrected chi connectivity index (χ4v) is 6.69. The van der Waals surface area contributed by atoms with Gasteiger partial charge in [-0.1, -0.05) is 37.8 Å². The molecule has 2 amide bonds. The molecular formula is C28H37N3O5S. The van der Waals surface area contributed by atoms with Gasteiger partial charge in [0.15, 0.2) is 0 Å². The van der Waals surface area contributed by atoms with E-state index >= 15 is 0 Å². The Labute approximate surface area is 219 Å². The molecule has 0 radical (unpaired) electrons. The van der Waals surface area contributed by atoms with Crippen LogP contribution in [0.4, 0.5) is 5.69 Å². The van der Waals surface area contributed by atoms with Crippen LogP contribution in [0.2, 0.25) is 0 Å². The van der Waals surface area contributed by atoms with E-state index in [0.717, 1.165) is 44.9 Å². The number of aryl methyl sites for hydroxylation is 1. The number of sulfonamides is 1. The summed E-state index contributed by atoms with van der Waals surface area (Å²) in [6.07, 6.45) is 8.59. The summed E-state index contributed by atoms with van der Waals surface area (Å²) < 4.78 is 33.2. The molecule has 1 aliphatic heterocycles. The molecule has 2 aliphatic rings. The zero-order chi connectivity index (χ0) is 26.3. The van der Waals surface area contributed by atoms with Gasteiger partial charge in [0.05, 0.1) is 23.3 Å². The maximum Gasteiger partial charge on any atom is 0.253 e. The Bertz CT molecular complexity index is 1200. The second kappa shape index (κ2) is 12.6. The van der Waals surface area contributed by atoms with Crippen LogP contribution in [0.25, 0.3) is 0 Å². The largest absolute Gasteiger partial charge is 0.496 e. The number of para-hydroxylation sites is 1. The molecule has 4 rings (SSSR count). The van der Waals surface area contributed by atoms with Gasteiger partial charge in [0.25, 0.3) is 5.91 Å². The second-order valence-corrected chi connectivity index (χ2v) is 11.8. The number of anilines is 1. The number of ether oxygens (including phenoxy) is 1. The average molecular weight is 528 g/mol. The molecule has 0 aromatic heterocycles. The average Bonchev–Trinajstić information content (AvgIpc) is 2.93. The van der Waals surface area contributed by atoms with Gasteiger partial charge in [-0.05, 0) is 68.0 Å². The van der Waals surface area contributed by atoms with Crippen molar-refractivity contribution in [3.8, 4) is 5.75 Å². The molecule has 2 aromatic carbocycles. The molecular weight excluding hydrogens is 490 g/mol. The van der Waals surface area contributed by atoms with Crippen molar-refractivity contribution < 1.29 is 22.7 Å². The highest BCUT2D eigenvalue weighted by molar-refractivity contribution is 7.89. The summed E-state index contributed by atoms with van der Waals surface area (Å²) in [6.45, 7) is 1.06. The van der Waals surface area contributed by atoms with Crippen LogP contribution in [-0.2, 0) is 21.2 Å². The Balaban J connectivity index is 1.42. The zero-order valence-corrected chi connectivity index (χ0v) is 22.3. The van der Waals surface area contributed by atoms with Gasteiger partial charge < -0.3 is 15.4 Å². The number of carbonyl (C=O) groups is 2. The van der Waals surface area contributed by atoms with Crippen molar-refractivity contribution in [3.63, 3.8) is 0 Å². The van der Waals surface area contributed by atoms with Crippen LogP contribution in [0.15, 0.2) is 47.4 Å². The minimum Gasteiger partial charge on any atom is -0.496 e. The summed E-state index contributed by atoms with van der Waals surface area (Å²) in [6, 6.07) is 12.0. The number of hydrogen-bond donors (Lipinski definition) is 2. The number of hydrogen-bond acceptors (Lipinski definition) is 5. The van der Waals surface area contributed by atoms with Crippen LogP contribution in [0.3, 0.4) is 0 Å². The predicted molar refractivity (Wildman–Crippen MR) is 143 cm³/mol. The number of methoxy groups -OCH3 is 1. The van der Waals surface area contributed by atoms with Crippen LogP contribution in [0.1, 0.15) is 73.7 Å². The van der Waals surface area contributed by atoms with Crippen molar-refractivity contribution >= 4 is 27.5 Å². The van der Waals surface area contributed by atoms with Crippen LogP contribution in [0.5, 0.6) is 5.75 Å². The minimum atomic E-state index is -3.59. The molecule has 1 aliphatic carbocycles. The standard InChI is InChI=1S/C28H37N3O5S/c1-36-26-16-15-23(37(34,35)31-18-8-3-9-19-31)20-21(26)14-17-27(32)30-25-13-7-6-12-24(25)28(33)29-22-10-4-2-5-11-22/h6-7,12-13,15-16,20,22H,2-5,8-11,14,17-19H2,1H3,(H,29,33)(H,30,32). The highest BCUT2D eigenvalue weighted by Gasteiger charge is 2.27. The molecule has 1 saturated carbocycles. The van der Waals surface area contributed by atoms with E-state index in [1.54, 1.807) is 42.5 Å². The molecule has 37 heavy (non-hydrogen) atoms. The zero-order valence-electron chi connectivity index (χ0n) is 21.5. The van der Waals surface area contributed by atoms with E-state index in [1.807, 2.05) is 0 Å². The topological polar surface area (TPSA) is 105 Å². The van der Waals surface area contributed by atoms with Crippen molar-refractivity contribution in [2.75, 3.05) is 25.5 Å². The van der Waals surface area contributed by atoms with E-state index in [9.17, 15) is 18.0 Å². The lowest BCUT2D eigenvalue weighted by molar-refractivity contribution is -0.116. The first-order valence-electron chi connectivity index (χ1n) is 13.3. The van der Waals surface area contributed by atoms with E-state index < -0.39 is 10.0 Å². The molecule has 9 heteroatoms. The van der Waals surface area contributed by atoms with Gasteiger partial charge in [0.1, 0.15) is 5.75 Å². The number of nitrogens with one attached hydrogen (secondary N) is 2. The summed E-state index contributed by atoms with van der Waals surface area (Å²) in [5, 5.41) is 5.97. The van der Waals surface area contributed by atoms with E-state index in [-0.39, 0.29) is 29.2 Å². The summed E-state index contributed by atoms with van der Waals surface area (Å²) >= 11 is 0. The molecule has 0 unspecified atom stereocenters. The van der Waals surface area contributed by atoms with Crippen molar-refractivity contribution in [1.82, 2.24) is 9.62 Å². The van der Waals surface area contributed by atoms with Crippen molar-refractivity contribution in [2.24, 2.45) is 0 Å². The van der Waals surface area contributed by atoms with Gasteiger partial charge in [0, 0.05) is 25.6 Å². The molecule has 8 nitrogen and oxygen atoms in total. The molecule has 1 heterocycles. The quantitative estimate of drug-likeness (QED) is 0.500. The first kappa shape index (κ1) is 27.1. The van der Waals surface area contributed by atoms with Crippen molar-refractivity contribution in [2.45, 2.75) is 75.1 Å². The first-order chi connectivity index (χ1) is 17.9. The number of nitrogens with zero attached hydrogens (tertiary/aromatic N) is 1. The van der Waals surface area contributed by atoms with Crippen LogP contribution in [0, 0.1) is 0 Å². The fourth-order valence-electron chi connectivity index (χ4n) is 5.13. The summed E-state index contributed by atoms with van der Waals surface area (Å²) in [5.41, 5.74) is 1.56.